The summed E-state index contributed by atoms with van der Waals surface area (Å²) in [5, 5.41) is 9.34. The Labute approximate surface area is 86.1 Å². The van der Waals surface area contributed by atoms with Crippen LogP contribution in [-0.4, -0.2) is 29.9 Å². The summed E-state index contributed by atoms with van der Waals surface area (Å²) < 4.78 is 29.2. The minimum absolute atomic E-state index is 0.130. The van der Waals surface area contributed by atoms with Crippen molar-refractivity contribution in [3.8, 4) is 0 Å². The van der Waals surface area contributed by atoms with Gasteiger partial charge in [-0.25, -0.2) is 0 Å². The Balaban J connectivity index is 3.42. The van der Waals surface area contributed by atoms with Crippen LogP contribution in [0.25, 0.3) is 0 Å². The Kier molecular flexibility index (Phi) is 7.13. The Morgan fingerprint density at radius 3 is 2.29 bits per heavy atom. The van der Waals surface area contributed by atoms with Crippen molar-refractivity contribution < 1.29 is 18.1 Å². The number of rotatable bonds is 8. The zero-order valence-corrected chi connectivity index (χ0v) is 9.46. The Morgan fingerprint density at radius 2 is 1.79 bits per heavy atom. The molecule has 0 saturated heterocycles. The van der Waals surface area contributed by atoms with Gasteiger partial charge in [0, 0.05) is 0 Å². The van der Waals surface area contributed by atoms with E-state index in [-0.39, 0.29) is 12.2 Å². The van der Waals surface area contributed by atoms with Gasteiger partial charge in [0.25, 0.3) is 10.1 Å². The molecule has 0 rings (SSSR count). The first kappa shape index (κ1) is 13.9. The van der Waals surface area contributed by atoms with E-state index in [4.69, 9.17) is 4.55 Å². The average Bonchev–Trinajstić information content (AvgIpc) is 2.08. The summed E-state index contributed by atoms with van der Waals surface area (Å²) in [5.74, 6) is -0.345. The number of hydrogen-bond donors (Lipinski definition) is 2. The highest BCUT2D eigenvalue weighted by Crippen LogP contribution is 2.08. The van der Waals surface area contributed by atoms with Gasteiger partial charge in [-0.3, -0.25) is 4.55 Å². The second kappa shape index (κ2) is 7.20. The van der Waals surface area contributed by atoms with E-state index in [0.29, 0.717) is 6.42 Å². The molecule has 0 aromatic rings. The lowest BCUT2D eigenvalue weighted by Crippen LogP contribution is -2.14. The van der Waals surface area contributed by atoms with Crippen molar-refractivity contribution in [2.45, 2.75) is 51.6 Å². The van der Waals surface area contributed by atoms with Gasteiger partial charge in [0.2, 0.25) is 0 Å². The van der Waals surface area contributed by atoms with Crippen LogP contribution in [0.2, 0.25) is 0 Å². The minimum atomic E-state index is -3.91. The van der Waals surface area contributed by atoms with E-state index >= 15 is 0 Å². The highest BCUT2D eigenvalue weighted by atomic mass is 32.2. The fraction of sp³-hybridized carbons (Fsp3) is 1.00. The molecule has 0 fully saturated rings. The predicted octanol–water partition coefficient (Wildman–Crippen LogP) is 1.60. The first-order valence-corrected chi connectivity index (χ1v) is 6.70. The van der Waals surface area contributed by atoms with Crippen molar-refractivity contribution in [3.05, 3.63) is 0 Å². The van der Waals surface area contributed by atoms with Gasteiger partial charge in [-0.15, -0.1) is 0 Å². The fourth-order valence-electron chi connectivity index (χ4n) is 1.24. The maximum Gasteiger partial charge on any atom is 0.264 e. The molecule has 14 heavy (non-hydrogen) atoms. The molecule has 0 aliphatic carbocycles. The second-order valence-electron chi connectivity index (χ2n) is 3.58. The molecule has 0 heterocycles. The number of aliphatic hydroxyl groups is 1. The first-order valence-electron chi connectivity index (χ1n) is 5.09. The standard InChI is InChI=1S/C9H20O4S/c1-2-3-4-5-6-9(10)7-8-14(11,12)13/h9-10H,2-8H2,1H3,(H,11,12,13). The van der Waals surface area contributed by atoms with Crippen molar-refractivity contribution in [2.75, 3.05) is 5.75 Å². The van der Waals surface area contributed by atoms with Crippen molar-refractivity contribution in [3.63, 3.8) is 0 Å². The number of aliphatic hydroxyl groups excluding tert-OH is 1. The molecule has 0 radical (unpaired) electrons. The van der Waals surface area contributed by atoms with Gasteiger partial charge >= 0.3 is 0 Å². The van der Waals surface area contributed by atoms with Crippen LogP contribution in [0.4, 0.5) is 0 Å². The third kappa shape index (κ3) is 9.95. The highest BCUT2D eigenvalue weighted by molar-refractivity contribution is 7.85. The van der Waals surface area contributed by atoms with Gasteiger partial charge < -0.3 is 5.11 Å². The van der Waals surface area contributed by atoms with Crippen molar-refractivity contribution >= 4 is 10.1 Å². The quantitative estimate of drug-likeness (QED) is 0.485. The molecular weight excluding hydrogens is 204 g/mol. The molecule has 1 unspecified atom stereocenters. The largest absolute Gasteiger partial charge is 0.393 e. The van der Waals surface area contributed by atoms with Gasteiger partial charge in [-0.1, -0.05) is 32.6 Å². The van der Waals surface area contributed by atoms with Gasteiger partial charge in [0.05, 0.1) is 11.9 Å². The molecule has 0 amide bonds. The molecule has 5 heteroatoms. The molecule has 0 aromatic heterocycles. The van der Waals surface area contributed by atoms with Gasteiger partial charge in [0.1, 0.15) is 0 Å². The average molecular weight is 224 g/mol. The Morgan fingerprint density at radius 1 is 1.14 bits per heavy atom. The zero-order valence-electron chi connectivity index (χ0n) is 8.65. The molecule has 0 aromatic carbocycles. The fourth-order valence-corrected chi connectivity index (χ4v) is 1.81. The zero-order chi connectivity index (χ0) is 11.0. The van der Waals surface area contributed by atoms with E-state index < -0.39 is 16.2 Å². The molecule has 0 spiro atoms. The van der Waals surface area contributed by atoms with Gasteiger partial charge in [-0.05, 0) is 12.8 Å². The SMILES string of the molecule is CCCCCCC(O)CCS(=O)(=O)O. The summed E-state index contributed by atoms with van der Waals surface area (Å²) >= 11 is 0. The summed E-state index contributed by atoms with van der Waals surface area (Å²) in [5.41, 5.74) is 0. The summed E-state index contributed by atoms with van der Waals surface area (Å²) in [6.45, 7) is 2.11. The van der Waals surface area contributed by atoms with Crippen LogP contribution in [-0.2, 0) is 10.1 Å². The predicted molar refractivity (Wildman–Crippen MR) is 55.8 cm³/mol. The molecule has 86 valence electrons. The van der Waals surface area contributed by atoms with Crippen molar-refractivity contribution in [1.29, 1.82) is 0 Å². The topological polar surface area (TPSA) is 74.6 Å². The Bertz CT molecular complexity index is 223. The third-order valence-corrected chi connectivity index (χ3v) is 2.85. The maximum absolute atomic E-state index is 10.4. The van der Waals surface area contributed by atoms with Crippen LogP contribution in [0.5, 0.6) is 0 Å². The lowest BCUT2D eigenvalue weighted by atomic mass is 10.1. The van der Waals surface area contributed by atoms with E-state index in [0.717, 1.165) is 25.7 Å². The molecule has 4 nitrogen and oxygen atoms in total. The van der Waals surface area contributed by atoms with Crippen molar-refractivity contribution in [1.82, 2.24) is 0 Å². The van der Waals surface area contributed by atoms with Crippen LogP contribution in [0.15, 0.2) is 0 Å². The van der Waals surface area contributed by atoms with Crippen LogP contribution in [0, 0.1) is 0 Å². The Hall–Kier alpha value is -0.130. The molecular formula is C9H20O4S. The van der Waals surface area contributed by atoms with Crippen LogP contribution < -0.4 is 0 Å². The lowest BCUT2D eigenvalue weighted by Gasteiger charge is -2.08. The normalized spacial score (nSPS) is 14.2. The number of unbranched alkanes of at least 4 members (excludes halogenated alkanes) is 3. The maximum atomic E-state index is 10.4. The highest BCUT2D eigenvalue weighted by Gasteiger charge is 2.09. The molecule has 0 aliphatic rings. The van der Waals surface area contributed by atoms with Crippen LogP contribution in [0.1, 0.15) is 45.4 Å². The molecule has 0 saturated carbocycles. The van der Waals surface area contributed by atoms with E-state index in [1.54, 1.807) is 0 Å². The van der Waals surface area contributed by atoms with Gasteiger partial charge in [-0.2, -0.15) is 8.42 Å². The smallest absolute Gasteiger partial charge is 0.264 e. The van der Waals surface area contributed by atoms with Gasteiger partial charge in [0.15, 0.2) is 0 Å². The molecule has 1 atom stereocenters. The van der Waals surface area contributed by atoms with Crippen LogP contribution >= 0.6 is 0 Å². The summed E-state index contributed by atoms with van der Waals surface area (Å²) in [7, 11) is -3.91. The molecule has 0 aliphatic heterocycles. The van der Waals surface area contributed by atoms with E-state index in [1.165, 1.54) is 0 Å². The van der Waals surface area contributed by atoms with Crippen LogP contribution in [0.3, 0.4) is 0 Å². The first-order chi connectivity index (χ1) is 6.45. The molecule has 0 bridgehead atoms. The molecule has 2 N–H and O–H groups in total. The lowest BCUT2D eigenvalue weighted by molar-refractivity contribution is 0.156. The van der Waals surface area contributed by atoms with E-state index in [9.17, 15) is 13.5 Å². The monoisotopic (exact) mass is 224 g/mol. The van der Waals surface area contributed by atoms with E-state index in [1.807, 2.05) is 0 Å². The third-order valence-electron chi connectivity index (χ3n) is 2.10. The summed E-state index contributed by atoms with van der Waals surface area (Å²) in [4.78, 5) is 0. The minimum Gasteiger partial charge on any atom is -0.393 e. The summed E-state index contributed by atoms with van der Waals surface area (Å²) in [6.07, 6.45) is 4.42. The summed E-state index contributed by atoms with van der Waals surface area (Å²) in [6, 6.07) is 0. The van der Waals surface area contributed by atoms with E-state index in [2.05, 4.69) is 6.92 Å². The number of hydrogen-bond acceptors (Lipinski definition) is 3. The van der Waals surface area contributed by atoms with Crippen molar-refractivity contribution in [2.24, 2.45) is 0 Å². The second-order valence-corrected chi connectivity index (χ2v) is 5.15.